The van der Waals surface area contributed by atoms with E-state index in [2.05, 4.69) is 15.5 Å². The molecule has 0 aliphatic heterocycles. The minimum Gasteiger partial charge on any atom is -0.338 e. The normalized spacial score (nSPS) is 10.8. The number of pyridine rings is 1. The zero-order valence-corrected chi connectivity index (χ0v) is 14.3. The molecule has 2 amide bonds. The number of aryl methyl sites for hydroxylation is 1. The fourth-order valence-electron chi connectivity index (χ4n) is 2.32. The molecule has 0 aliphatic carbocycles. The lowest BCUT2D eigenvalue weighted by Gasteiger charge is -2.19. The lowest BCUT2D eigenvalue weighted by Crippen LogP contribution is -2.38. The quantitative estimate of drug-likeness (QED) is 0.773. The van der Waals surface area contributed by atoms with Crippen LogP contribution >= 0.6 is 0 Å². The molecule has 0 atom stereocenters. The second-order valence-electron chi connectivity index (χ2n) is 5.92. The number of urea groups is 1. The predicted octanol–water partition coefficient (Wildman–Crippen LogP) is 1.25. The highest BCUT2D eigenvalue weighted by Crippen LogP contribution is 2.08. The van der Waals surface area contributed by atoms with Gasteiger partial charge in [-0.05, 0) is 26.3 Å². The monoisotopic (exact) mass is 332 g/mol. The molecule has 0 bridgehead atoms. The number of hydrogen-bond acceptors (Lipinski definition) is 4. The Balaban J connectivity index is 1.77. The van der Waals surface area contributed by atoms with Crippen molar-refractivity contribution in [1.82, 2.24) is 29.5 Å². The molecule has 0 saturated heterocycles. The summed E-state index contributed by atoms with van der Waals surface area (Å²) in [6.07, 6.45) is 4.10. The van der Waals surface area contributed by atoms with Crippen LogP contribution in [0.4, 0.5) is 4.79 Å². The molecule has 24 heavy (non-hydrogen) atoms. The van der Waals surface area contributed by atoms with Gasteiger partial charge in [-0.2, -0.15) is 0 Å². The van der Waals surface area contributed by atoms with E-state index in [4.69, 9.17) is 0 Å². The first-order valence-corrected chi connectivity index (χ1v) is 8.02. The summed E-state index contributed by atoms with van der Waals surface area (Å²) in [5.74, 6) is 0.749. The van der Waals surface area contributed by atoms with Crippen LogP contribution in [0.5, 0.6) is 0 Å². The molecule has 0 unspecified atom stereocenters. The summed E-state index contributed by atoms with van der Waals surface area (Å²) in [4.78, 5) is 25.3. The summed E-state index contributed by atoms with van der Waals surface area (Å²) in [6, 6.07) is 5.13. The molecule has 8 heteroatoms. The Bertz CT molecular complexity index is 721. The second-order valence-corrected chi connectivity index (χ2v) is 5.92. The summed E-state index contributed by atoms with van der Waals surface area (Å²) >= 11 is 0. The summed E-state index contributed by atoms with van der Waals surface area (Å²) < 4.78 is 3.56. The Morgan fingerprint density at radius 2 is 2.17 bits per heavy atom. The lowest BCUT2D eigenvalue weighted by atomic mass is 10.3. The van der Waals surface area contributed by atoms with Gasteiger partial charge in [-0.25, -0.2) is 4.79 Å². The third-order valence-electron chi connectivity index (χ3n) is 3.68. The van der Waals surface area contributed by atoms with Gasteiger partial charge in [-0.15, -0.1) is 10.2 Å². The smallest absolute Gasteiger partial charge is 0.317 e. The van der Waals surface area contributed by atoms with Crippen molar-refractivity contribution in [3.63, 3.8) is 0 Å². The highest BCUT2D eigenvalue weighted by Gasteiger charge is 2.13. The van der Waals surface area contributed by atoms with Crippen molar-refractivity contribution >= 4 is 6.03 Å². The van der Waals surface area contributed by atoms with E-state index in [0.717, 1.165) is 5.82 Å². The summed E-state index contributed by atoms with van der Waals surface area (Å²) in [5.41, 5.74) is -0.0334. The molecule has 2 aromatic rings. The molecule has 0 saturated carbocycles. The van der Waals surface area contributed by atoms with Crippen molar-refractivity contribution in [3.8, 4) is 0 Å². The maximum absolute atomic E-state index is 12.1. The fraction of sp³-hybridized carbons (Fsp3) is 0.500. The van der Waals surface area contributed by atoms with E-state index in [1.165, 1.54) is 6.07 Å². The van der Waals surface area contributed by atoms with Gasteiger partial charge in [-0.1, -0.05) is 6.07 Å². The zero-order chi connectivity index (χ0) is 17.5. The molecule has 8 nitrogen and oxygen atoms in total. The van der Waals surface area contributed by atoms with Crippen LogP contribution in [0.2, 0.25) is 0 Å². The number of rotatable bonds is 7. The fourth-order valence-corrected chi connectivity index (χ4v) is 2.32. The first kappa shape index (κ1) is 17.7. The van der Waals surface area contributed by atoms with Crippen LogP contribution in [0.1, 0.15) is 32.1 Å². The Kier molecular flexibility index (Phi) is 6.11. The zero-order valence-electron chi connectivity index (χ0n) is 14.3. The predicted molar refractivity (Wildman–Crippen MR) is 90.6 cm³/mol. The van der Waals surface area contributed by atoms with Gasteiger partial charge in [-0.3, -0.25) is 4.79 Å². The number of nitrogens with zero attached hydrogens (tertiary/aromatic N) is 5. The van der Waals surface area contributed by atoms with Crippen LogP contribution in [0, 0.1) is 0 Å². The van der Waals surface area contributed by atoms with Gasteiger partial charge in [0.25, 0.3) is 0 Å². The SMILES string of the molecule is CC(C)n1cnnc1CN(C)C(=O)NCCCn1ccccc1=O. The van der Waals surface area contributed by atoms with Crippen LogP contribution in [0.3, 0.4) is 0 Å². The lowest BCUT2D eigenvalue weighted by molar-refractivity contribution is 0.204. The Morgan fingerprint density at radius 3 is 2.88 bits per heavy atom. The van der Waals surface area contributed by atoms with E-state index in [1.54, 1.807) is 35.1 Å². The van der Waals surface area contributed by atoms with Crippen LogP contribution < -0.4 is 10.9 Å². The van der Waals surface area contributed by atoms with Gasteiger partial charge >= 0.3 is 6.03 Å². The molecule has 0 fully saturated rings. The van der Waals surface area contributed by atoms with Gasteiger partial charge in [0.05, 0.1) is 6.54 Å². The highest BCUT2D eigenvalue weighted by molar-refractivity contribution is 5.73. The number of carbonyl (C=O) groups excluding carboxylic acids is 1. The number of hydrogen-bond donors (Lipinski definition) is 1. The molecule has 0 radical (unpaired) electrons. The molecule has 0 spiro atoms. The van der Waals surface area contributed by atoms with Crippen molar-refractivity contribution in [2.45, 2.75) is 39.4 Å². The van der Waals surface area contributed by atoms with Crippen molar-refractivity contribution in [2.75, 3.05) is 13.6 Å². The third-order valence-corrected chi connectivity index (χ3v) is 3.68. The topological polar surface area (TPSA) is 85.1 Å². The minimum atomic E-state index is -0.172. The van der Waals surface area contributed by atoms with Crippen LogP contribution in [-0.2, 0) is 13.1 Å². The van der Waals surface area contributed by atoms with E-state index in [-0.39, 0.29) is 17.6 Å². The molecule has 130 valence electrons. The van der Waals surface area contributed by atoms with Gasteiger partial charge in [0, 0.05) is 38.4 Å². The van der Waals surface area contributed by atoms with E-state index in [9.17, 15) is 9.59 Å². The number of nitrogens with one attached hydrogen (secondary N) is 1. The Hall–Kier alpha value is -2.64. The summed E-state index contributed by atoms with van der Waals surface area (Å²) in [7, 11) is 1.72. The number of aromatic nitrogens is 4. The van der Waals surface area contributed by atoms with E-state index >= 15 is 0 Å². The Labute approximate surface area is 141 Å². The summed E-state index contributed by atoms with van der Waals surface area (Å²) in [5, 5.41) is 10.8. The van der Waals surface area contributed by atoms with Gasteiger partial charge in [0.2, 0.25) is 5.56 Å². The van der Waals surface area contributed by atoms with Gasteiger partial charge in [0.15, 0.2) is 5.82 Å². The Morgan fingerprint density at radius 1 is 1.38 bits per heavy atom. The molecule has 1 N–H and O–H groups in total. The molecular formula is C16H24N6O2. The van der Waals surface area contributed by atoms with E-state index in [0.29, 0.717) is 26.1 Å². The molecule has 2 heterocycles. The molecule has 2 rings (SSSR count). The maximum Gasteiger partial charge on any atom is 0.317 e. The van der Waals surface area contributed by atoms with Crippen molar-refractivity contribution in [3.05, 3.63) is 46.9 Å². The van der Waals surface area contributed by atoms with Crippen molar-refractivity contribution < 1.29 is 4.79 Å². The average Bonchev–Trinajstić information content (AvgIpc) is 3.01. The second kappa shape index (κ2) is 8.28. The minimum absolute atomic E-state index is 0.0334. The molecular weight excluding hydrogens is 308 g/mol. The number of amides is 2. The van der Waals surface area contributed by atoms with Crippen LogP contribution in [0.15, 0.2) is 35.5 Å². The highest BCUT2D eigenvalue weighted by atomic mass is 16.2. The molecule has 0 aromatic carbocycles. The number of carbonyl (C=O) groups is 1. The molecule has 0 aliphatic rings. The van der Waals surface area contributed by atoms with Gasteiger partial charge in [0.1, 0.15) is 6.33 Å². The first-order chi connectivity index (χ1) is 11.5. The third kappa shape index (κ3) is 4.68. The average molecular weight is 332 g/mol. The van der Waals surface area contributed by atoms with Crippen LogP contribution in [-0.4, -0.2) is 43.9 Å². The maximum atomic E-state index is 12.1. The summed E-state index contributed by atoms with van der Waals surface area (Å²) in [6.45, 7) is 5.55. The van der Waals surface area contributed by atoms with Crippen molar-refractivity contribution in [1.29, 1.82) is 0 Å². The van der Waals surface area contributed by atoms with Gasteiger partial charge < -0.3 is 19.4 Å². The first-order valence-electron chi connectivity index (χ1n) is 8.02. The standard InChI is InChI=1S/C16H24N6O2/c1-13(2)22-12-18-19-14(22)11-20(3)16(24)17-8-6-10-21-9-5-4-7-15(21)23/h4-5,7,9,12-13H,6,8,10-11H2,1-3H3,(H,17,24). The molecule has 2 aromatic heterocycles. The van der Waals surface area contributed by atoms with E-state index < -0.39 is 0 Å². The van der Waals surface area contributed by atoms with E-state index in [1.807, 2.05) is 24.5 Å². The largest absolute Gasteiger partial charge is 0.338 e. The van der Waals surface area contributed by atoms with Crippen LogP contribution in [0.25, 0.3) is 0 Å². The van der Waals surface area contributed by atoms with Crippen molar-refractivity contribution in [2.24, 2.45) is 0 Å².